The summed E-state index contributed by atoms with van der Waals surface area (Å²) in [7, 11) is 1.64. The molecular formula is C15H12O3. The molecule has 0 spiro atoms. The van der Waals surface area contributed by atoms with Crippen molar-refractivity contribution in [3.05, 3.63) is 48.7 Å². The fourth-order valence-corrected chi connectivity index (χ4v) is 2.01. The number of methoxy groups -OCH3 is 1. The first kappa shape index (κ1) is 10.7. The van der Waals surface area contributed by atoms with Gasteiger partial charge in [-0.15, -0.1) is 0 Å². The van der Waals surface area contributed by atoms with E-state index in [1.165, 1.54) is 0 Å². The Balaban J connectivity index is 2.15. The van der Waals surface area contributed by atoms with Crippen LogP contribution >= 0.6 is 0 Å². The van der Waals surface area contributed by atoms with Gasteiger partial charge in [-0.3, -0.25) is 0 Å². The van der Waals surface area contributed by atoms with Crippen LogP contribution in [0.4, 0.5) is 0 Å². The third-order valence-corrected chi connectivity index (χ3v) is 2.96. The van der Waals surface area contributed by atoms with E-state index in [1.54, 1.807) is 31.6 Å². The number of hydrogen-bond acceptors (Lipinski definition) is 3. The van der Waals surface area contributed by atoms with Gasteiger partial charge in [0.1, 0.15) is 17.1 Å². The molecule has 0 saturated heterocycles. The quantitative estimate of drug-likeness (QED) is 0.740. The van der Waals surface area contributed by atoms with Crippen molar-refractivity contribution in [3.63, 3.8) is 0 Å². The summed E-state index contributed by atoms with van der Waals surface area (Å²) in [5, 5.41) is 10.4. The number of ether oxygens (including phenoxy) is 1. The van der Waals surface area contributed by atoms with E-state index in [0.29, 0.717) is 0 Å². The van der Waals surface area contributed by atoms with Crippen LogP contribution in [0.5, 0.6) is 11.5 Å². The molecule has 18 heavy (non-hydrogen) atoms. The second kappa shape index (κ2) is 4.11. The molecule has 1 heterocycles. The molecule has 3 aromatic rings. The van der Waals surface area contributed by atoms with Gasteiger partial charge in [-0.2, -0.15) is 0 Å². The molecular weight excluding hydrogens is 228 g/mol. The molecule has 1 aromatic heterocycles. The standard InChI is InChI=1S/C15H12O3/c1-17-12-5-2-10(3-6-12)14-9-18-15-7-4-11(16)8-13(14)15/h2-9,16H,1H3. The summed E-state index contributed by atoms with van der Waals surface area (Å²) in [5.41, 5.74) is 2.75. The van der Waals surface area contributed by atoms with E-state index in [2.05, 4.69) is 0 Å². The summed E-state index contributed by atoms with van der Waals surface area (Å²) in [6.07, 6.45) is 1.70. The van der Waals surface area contributed by atoms with Gasteiger partial charge in [0.05, 0.1) is 13.4 Å². The minimum Gasteiger partial charge on any atom is -0.508 e. The Morgan fingerprint density at radius 1 is 1.06 bits per heavy atom. The van der Waals surface area contributed by atoms with E-state index in [4.69, 9.17) is 9.15 Å². The van der Waals surface area contributed by atoms with Gasteiger partial charge in [0.2, 0.25) is 0 Å². The summed E-state index contributed by atoms with van der Waals surface area (Å²) < 4.78 is 10.6. The van der Waals surface area contributed by atoms with Crippen molar-refractivity contribution in [2.24, 2.45) is 0 Å². The first-order valence-electron chi connectivity index (χ1n) is 5.62. The zero-order chi connectivity index (χ0) is 12.5. The maximum Gasteiger partial charge on any atom is 0.134 e. The molecule has 0 aliphatic rings. The number of hydrogen-bond donors (Lipinski definition) is 1. The molecule has 0 aliphatic carbocycles. The van der Waals surface area contributed by atoms with Gasteiger partial charge in [0, 0.05) is 10.9 Å². The molecule has 2 aromatic carbocycles. The van der Waals surface area contributed by atoms with Gasteiger partial charge in [0.15, 0.2) is 0 Å². The van der Waals surface area contributed by atoms with Crippen LogP contribution in [0.1, 0.15) is 0 Å². The molecule has 0 saturated carbocycles. The molecule has 0 radical (unpaired) electrons. The van der Waals surface area contributed by atoms with Crippen LogP contribution < -0.4 is 4.74 Å². The normalized spacial score (nSPS) is 10.7. The lowest BCUT2D eigenvalue weighted by Crippen LogP contribution is -1.82. The molecule has 90 valence electrons. The number of phenols is 1. The summed E-state index contributed by atoms with van der Waals surface area (Å²) in [5.74, 6) is 1.05. The van der Waals surface area contributed by atoms with E-state index < -0.39 is 0 Å². The van der Waals surface area contributed by atoms with Crippen LogP contribution in [-0.2, 0) is 0 Å². The van der Waals surface area contributed by atoms with Crippen molar-refractivity contribution in [2.75, 3.05) is 7.11 Å². The molecule has 3 heteroatoms. The maximum absolute atomic E-state index is 9.54. The average molecular weight is 240 g/mol. The van der Waals surface area contributed by atoms with Crippen molar-refractivity contribution in [1.82, 2.24) is 0 Å². The van der Waals surface area contributed by atoms with Gasteiger partial charge >= 0.3 is 0 Å². The lowest BCUT2D eigenvalue weighted by atomic mass is 10.0. The minimum absolute atomic E-state index is 0.235. The number of aromatic hydroxyl groups is 1. The summed E-state index contributed by atoms with van der Waals surface area (Å²) in [4.78, 5) is 0. The van der Waals surface area contributed by atoms with E-state index >= 15 is 0 Å². The molecule has 0 aliphatic heterocycles. The molecule has 0 unspecified atom stereocenters. The van der Waals surface area contributed by atoms with E-state index in [9.17, 15) is 5.11 Å². The van der Waals surface area contributed by atoms with E-state index in [1.807, 2.05) is 24.3 Å². The second-order valence-corrected chi connectivity index (χ2v) is 4.06. The molecule has 0 bridgehead atoms. The smallest absolute Gasteiger partial charge is 0.134 e. The van der Waals surface area contributed by atoms with Crippen LogP contribution in [-0.4, -0.2) is 12.2 Å². The highest BCUT2D eigenvalue weighted by atomic mass is 16.5. The van der Waals surface area contributed by atoms with Crippen LogP contribution in [0, 0.1) is 0 Å². The molecule has 0 amide bonds. The lowest BCUT2D eigenvalue weighted by molar-refractivity contribution is 0.415. The SMILES string of the molecule is COc1ccc(-c2coc3ccc(O)cc23)cc1. The molecule has 3 nitrogen and oxygen atoms in total. The predicted octanol–water partition coefficient (Wildman–Crippen LogP) is 3.81. The van der Waals surface area contributed by atoms with Crippen molar-refractivity contribution in [2.45, 2.75) is 0 Å². The van der Waals surface area contributed by atoms with Crippen LogP contribution in [0.25, 0.3) is 22.1 Å². The third-order valence-electron chi connectivity index (χ3n) is 2.96. The zero-order valence-corrected chi connectivity index (χ0v) is 9.88. The zero-order valence-electron chi connectivity index (χ0n) is 9.88. The largest absolute Gasteiger partial charge is 0.508 e. The summed E-state index contributed by atoms with van der Waals surface area (Å²) >= 11 is 0. The Morgan fingerprint density at radius 3 is 2.56 bits per heavy atom. The Kier molecular flexibility index (Phi) is 2.45. The number of rotatable bonds is 2. The number of fused-ring (bicyclic) bond motifs is 1. The number of phenolic OH excluding ortho intramolecular Hbond substituents is 1. The summed E-state index contributed by atoms with van der Waals surface area (Å²) in [6.45, 7) is 0. The fraction of sp³-hybridized carbons (Fsp3) is 0.0667. The number of benzene rings is 2. The Bertz CT molecular complexity index is 681. The Morgan fingerprint density at radius 2 is 1.83 bits per heavy atom. The van der Waals surface area contributed by atoms with Gasteiger partial charge in [-0.1, -0.05) is 12.1 Å². The lowest BCUT2D eigenvalue weighted by Gasteiger charge is -2.02. The highest BCUT2D eigenvalue weighted by Gasteiger charge is 2.08. The van der Waals surface area contributed by atoms with Crippen LogP contribution in [0.3, 0.4) is 0 Å². The van der Waals surface area contributed by atoms with Crippen molar-refractivity contribution >= 4 is 11.0 Å². The fourth-order valence-electron chi connectivity index (χ4n) is 2.01. The topological polar surface area (TPSA) is 42.6 Å². The maximum atomic E-state index is 9.54. The van der Waals surface area contributed by atoms with Crippen molar-refractivity contribution in [1.29, 1.82) is 0 Å². The first-order chi connectivity index (χ1) is 8.78. The van der Waals surface area contributed by atoms with Gasteiger partial charge in [0.25, 0.3) is 0 Å². The molecule has 0 fully saturated rings. The molecule has 0 atom stereocenters. The second-order valence-electron chi connectivity index (χ2n) is 4.06. The summed E-state index contributed by atoms with van der Waals surface area (Å²) in [6, 6.07) is 12.8. The van der Waals surface area contributed by atoms with Gasteiger partial charge in [-0.05, 0) is 35.9 Å². The van der Waals surface area contributed by atoms with Crippen molar-refractivity contribution in [3.8, 4) is 22.6 Å². The monoisotopic (exact) mass is 240 g/mol. The number of furan rings is 1. The van der Waals surface area contributed by atoms with Crippen LogP contribution in [0.15, 0.2) is 53.1 Å². The highest BCUT2D eigenvalue weighted by molar-refractivity contribution is 5.94. The minimum atomic E-state index is 0.235. The third kappa shape index (κ3) is 1.70. The molecule has 1 N–H and O–H groups in total. The van der Waals surface area contributed by atoms with Gasteiger partial charge < -0.3 is 14.3 Å². The first-order valence-corrected chi connectivity index (χ1v) is 5.62. The Hall–Kier alpha value is -2.42. The molecule has 3 rings (SSSR count). The average Bonchev–Trinajstić information content (AvgIpc) is 2.82. The Labute approximate surface area is 104 Å². The highest BCUT2D eigenvalue weighted by Crippen LogP contribution is 2.33. The van der Waals surface area contributed by atoms with Crippen LogP contribution in [0.2, 0.25) is 0 Å². The van der Waals surface area contributed by atoms with E-state index in [0.717, 1.165) is 27.8 Å². The van der Waals surface area contributed by atoms with E-state index in [-0.39, 0.29) is 5.75 Å². The van der Waals surface area contributed by atoms with Crippen molar-refractivity contribution < 1.29 is 14.3 Å². The predicted molar refractivity (Wildman–Crippen MR) is 69.9 cm³/mol. The van der Waals surface area contributed by atoms with Gasteiger partial charge in [-0.25, -0.2) is 0 Å².